The van der Waals surface area contributed by atoms with Crippen LogP contribution < -0.4 is 5.32 Å². The first kappa shape index (κ1) is 16.5. The second kappa shape index (κ2) is 7.92. The summed E-state index contributed by atoms with van der Waals surface area (Å²) >= 11 is 0. The molecular formula is C18H30N2O. The third kappa shape index (κ3) is 5.10. The van der Waals surface area contributed by atoms with E-state index in [1.165, 1.54) is 38.0 Å². The lowest BCUT2D eigenvalue weighted by molar-refractivity contribution is 0.146. The monoisotopic (exact) mass is 290 g/mol. The van der Waals surface area contributed by atoms with E-state index in [-0.39, 0.29) is 0 Å². The number of nitrogens with one attached hydrogen (secondary N) is 1. The number of nitrogens with zero attached hydrogens (tertiary/aromatic N) is 1. The highest BCUT2D eigenvalue weighted by molar-refractivity contribution is 5.27. The number of piperidine rings is 1. The molecule has 0 spiro atoms. The summed E-state index contributed by atoms with van der Waals surface area (Å²) in [4.78, 5) is 2.56. The fourth-order valence-corrected chi connectivity index (χ4v) is 3.18. The molecule has 1 saturated heterocycles. The van der Waals surface area contributed by atoms with E-state index in [2.05, 4.69) is 37.1 Å². The smallest absolute Gasteiger partial charge is 0.0917 e. The van der Waals surface area contributed by atoms with Crippen molar-refractivity contribution in [1.82, 2.24) is 10.2 Å². The predicted molar refractivity (Wildman–Crippen MR) is 88.4 cm³/mol. The second-order valence-corrected chi connectivity index (χ2v) is 6.75. The summed E-state index contributed by atoms with van der Waals surface area (Å²) in [6.07, 6.45) is 1.97. The molecule has 3 heteroatoms. The van der Waals surface area contributed by atoms with Gasteiger partial charge in [-0.25, -0.2) is 0 Å². The summed E-state index contributed by atoms with van der Waals surface area (Å²) in [7, 11) is 0. The van der Waals surface area contributed by atoms with Gasteiger partial charge in [-0.3, -0.25) is 0 Å². The van der Waals surface area contributed by atoms with Crippen LogP contribution in [0.3, 0.4) is 0 Å². The molecule has 1 aromatic rings. The molecule has 1 aliphatic rings. The minimum atomic E-state index is -0.403. The van der Waals surface area contributed by atoms with Gasteiger partial charge in [0.25, 0.3) is 0 Å². The van der Waals surface area contributed by atoms with Crippen molar-refractivity contribution in [1.29, 1.82) is 0 Å². The van der Waals surface area contributed by atoms with Gasteiger partial charge in [0.15, 0.2) is 0 Å². The molecule has 1 atom stereocenters. The van der Waals surface area contributed by atoms with Crippen LogP contribution in [0.4, 0.5) is 0 Å². The molecule has 3 nitrogen and oxygen atoms in total. The fraction of sp³-hybridized carbons (Fsp3) is 0.667. The van der Waals surface area contributed by atoms with Gasteiger partial charge < -0.3 is 15.3 Å². The maximum absolute atomic E-state index is 10.3. The molecule has 1 aliphatic heterocycles. The van der Waals surface area contributed by atoms with Gasteiger partial charge in [-0.05, 0) is 49.9 Å². The lowest BCUT2D eigenvalue weighted by Gasteiger charge is -2.33. The van der Waals surface area contributed by atoms with E-state index in [0.717, 1.165) is 11.5 Å². The highest BCUT2D eigenvalue weighted by Gasteiger charge is 2.20. The van der Waals surface area contributed by atoms with Gasteiger partial charge in [0.05, 0.1) is 6.10 Å². The van der Waals surface area contributed by atoms with E-state index >= 15 is 0 Å². The van der Waals surface area contributed by atoms with Crippen molar-refractivity contribution in [3.8, 4) is 0 Å². The van der Waals surface area contributed by atoms with Crippen molar-refractivity contribution in [3.63, 3.8) is 0 Å². The first-order valence-corrected chi connectivity index (χ1v) is 8.25. The Morgan fingerprint density at radius 1 is 1.24 bits per heavy atom. The molecule has 0 radical (unpaired) electrons. The van der Waals surface area contributed by atoms with Crippen LogP contribution in [0.15, 0.2) is 24.3 Å². The Hall–Kier alpha value is -0.900. The standard InChI is InChI=1S/C18H30N2O/c1-14(2)13-20-10-8-16(9-11-20)19-12-18(21)17-7-5-4-6-15(17)3/h4-7,14,16,18-19,21H,8-13H2,1-3H3. The van der Waals surface area contributed by atoms with Crippen LogP contribution in [-0.2, 0) is 0 Å². The molecule has 2 N–H and O–H groups in total. The number of rotatable bonds is 6. The minimum Gasteiger partial charge on any atom is -0.387 e. The quantitative estimate of drug-likeness (QED) is 0.845. The molecule has 0 aliphatic carbocycles. The van der Waals surface area contributed by atoms with E-state index in [9.17, 15) is 5.11 Å². The number of likely N-dealkylation sites (tertiary alicyclic amines) is 1. The van der Waals surface area contributed by atoms with Gasteiger partial charge in [-0.1, -0.05) is 38.1 Å². The Kier molecular flexibility index (Phi) is 6.22. The number of benzene rings is 1. The molecule has 2 rings (SSSR count). The third-order valence-corrected chi connectivity index (χ3v) is 4.36. The summed E-state index contributed by atoms with van der Waals surface area (Å²) in [6.45, 7) is 10.8. The molecule has 1 fully saturated rings. The van der Waals surface area contributed by atoms with E-state index in [4.69, 9.17) is 0 Å². The Morgan fingerprint density at radius 3 is 2.52 bits per heavy atom. The first-order valence-electron chi connectivity index (χ1n) is 8.25. The Bertz CT molecular complexity index is 425. The van der Waals surface area contributed by atoms with E-state index in [1.54, 1.807) is 0 Å². The maximum Gasteiger partial charge on any atom is 0.0917 e. The van der Waals surface area contributed by atoms with Crippen LogP contribution >= 0.6 is 0 Å². The van der Waals surface area contributed by atoms with Crippen molar-refractivity contribution in [2.24, 2.45) is 5.92 Å². The molecule has 118 valence electrons. The summed E-state index contributed by atoms with van der Waals surface area (Å²) < 4.78 is 0. The maximum atomic E-state index is 10.3. The zero-order valence-corrected chi connectivity index (χ0v) is 13.7. The van der Waals surface area contributed by atoms with Gasteiger partial charge in [0.2, 0.25) is 0 Å². The van der Waals surface area contributed by atoms with E-state index in [0.29, 0.717) is 12.6 Å². The Morgan fingerprint density at radius 2 is 1.90 bits per heavy atom. The van der Waals surface area contributed by atoms with Crippen LogP contribution in [0.5, 0.6) is 0 Å². The van der Waals surface area contributed by atoms with E-state index in [1.807, 2.05) is 18.2 Å². The molecule has 21 heavy (non-hydrogen) atoms. The lowest BCUT2D eigenvalue weighted by atomic mass is 10.0. The largest absolute Gasteiger partial charge is 0.387 e. The predicted octanol–water partition coefficient (Wildman–Crippen LogP) is 2.74. The average molecular weight is 290 g/mol. The Labute approximate surface area is 129 Å². The molecule has 0 aromatic heterocycles. The van der Waals surface area contributed by atoms with Crippen molar-refractivity contribution in [2.75, 3.05) is 26.2 Å². The van der Waals surface area contributed by atoms with Gasteiger partial charge >= 0.3 is 0 Å². The van der Waals surface area contributed by atoms with Crippen LogP contribution in [0.2, 0.25) is 0 Å². The van der Waals surface area contributed by atoms with Gasteiger partial charge in [-0.15, -0.1) is 0 Å². The topological polar surface area (TPSA) is 35.5 Å². The molecule has 0 amide bonds. The first-order chi connectivity index (χ1) is 10.1. The molecular weight excluding hydrogens is 260 g/mol. The summed E-state index contributed by atoms with van der Waals surface area (Å²) in [5, 5.41) is 13.9. The van der Waals surface area contributed by atoms with Gasteiger partial charge in [-0.2, -0.15) is 0 Å². The van der Waals surface area contributed by atoms with Crippen molar-refractivity contribution >= 4 is 0 Å². The van der Waals surface area contributed by atoms with Crippen LogP contribution in [0.25, 0.3) is 0 Å². The van der Waals surface area contributed by atoms with Crippen molar-refractivity contribution < 1.29 is 5.11 Å². The molecule has 0 saturated carbocycles. The highest BCUT2D eigenvalue weighted by atomic mass is 16.3. The zero-order valence-electron chi connectivity index (χ0n) is 13.7. The lowest BCUT2D eigenvalue weighted by Crippen LogP contribution is -2.44. The molecule has 1 unspecified atom stereocenters. The fourth-order valence-electron chi connectivity index (χ4n) is 3.18. The molecule has 1 aromatic carbocycles. The SMILES string of the molecule is Cc1ccccc1C(O)CNC1CCN(CC(C)C)CC1. The second-order valence-electron chi connectivity index (χ2n) is 6.75. The van der Waals surface area contributed by atoms with Crippen molar-refractivity contribution in [3.05, 3.63) is 35.4 Å². The number of aliphatic hydroxyl groups excluding tert-OH is 1. The van der Waals surface area contributed by atoms with Gasteiger partial charge in [0, 0.05) is 19.1 Å². The minimum absolute atomic E-state index is 0.403. The van der Waals surface area contributed by atoms with E-state index < -0.39 is 6.10 Å². The summed E-state index contributed by atoms with van der Waals surface area (Å²) in [6, 6.07) is 8.64. The van der Waals surface area contributed by atoms with Crippen LogP contribution in [0, 0.1) is 12.8 Å². The third-order valence-electron chi connectivity index (χ3n) is 4.36. The number of hydrogen-bond acceptors (Lipinski definition) is 3. The summed E-state index contributed by atoms with van der Waals surface area (Å²) in [5.74, 6) is 0.748. The Balaban J connectivity index is 1.73. The number of aryl methyl sites for hydroxylation is 1. The number of aliphatic hydroxyl groups is 1. The normalized spacial score (nSPS) is 19.1. The highest BCUT2D eigenvalue weighted by Crippen LogP contribution is 2.18. The van der Waals surface area contributed by atoms with Crippen molar-refractivity contribution in [2.45, 2.75) is 45.8 Å². The van der Waals surface area contributed by atoms with Crippen LogP contribution in [-0.4, -0.2) is 42.2 Å². The number of hydrogen-bond donors (Lipinski definition) is 2. The molecule has 1 heterocycles. The van der Waals surface area contributed by atoms with Gasteiger partial charge in [0.1, 0.15) is 0 Å². The molecule has 0 bridgehead atoms. The summed E-state index contributed by atoms with van der Waals surface area (Å²) in [5.41, 5.74) is 2.21. The average Bonchev–Trinajstić information content (AvgIpc) is 2.46. The van der Waals surface area contributed by atoms with Crippen LogP contribution in [0.1, 0.15) is 43.9 Å². The zero-order chi connectivity index (χ0) is 15.2.